The second-order valence-corrected chi connectivity index (χ2v) is 4.17. The van der Waals surface area contributed by atoms with Crippen molar-refractivity contribution >= 4 is 12.0 Å². The molecule has 0 heterocycles. The molecule has 5 heteroatoms. The Hall–Kier alpha value is -2.56. The van der Waals surface area contributed by atoms with Gasteiger partial charge in [-0.15, -0.1) is 0 Å². The molecule has 0 radical (unpaired) electrons. The molecule has 0 amide bonds. The summed E-state index contributed by atoms with van der Waals surface area (Å²) < 4.78 is 43.3. The fraction of sp³-hybridized carbons (Fsp3) is 0.0625. The molecule has 0 aliphatic rings. The van der Waals surface area contributed by atoms with Gasteiger partial charge >= 0.3 is 12.1 Å². The molecule has 108 valence electrons. The first kappa shape index (κ1) is 14.8. The van der Waals surface area contributed by atoms with Crippen LogP contribution in [0.15, 0.2) is 66.4 Å². The quantitative estimate of drug-likeness (QED) is 0.617. The lowest BCUT2D eigenvalue weighted by atomic mass is 10.2. The van der Waals surface area contributed by atoms with Gasteiger partial charge in [0, 0.05) is 0 Å². The number of carbonyl (C=O) groups excluding carboxylic acids is 1. The Balaban J connectivity index is 2.27. The maximum Gasteiger partial charge on any atom is 0.449 e. The molecule has 2 aromatic carbocycles. The van der Waals surface area contributed by atoms with Crippen LogP contribution in [0.5, 0.6) is 0 Å². The van der Waals surface area contributed by atoms with E-state index in [0.29, 0.717) is 5.56 Å². The van der Waals surface area contributed by atoms with Crippen molar-refractivity contribution in [3.8, 4) is 0 Å². The Kier molecular flexibility index (Phi) is 4.42. The van der Waals surface area contributed by atoms with Crippen LogP contribution in [0.1, 0.15) is 15.9 Å². The molecule has 0 saturated carbocycles. The summed E-state index contributed by atoms with van der Waals surface area (Å²) in [4.78, 5) is 11.7. The van der Waals surface area contributed by atoms with Gasteiger partial charge in [-0.2, -0.15) is 13.2 Å². The Labute approximate surface area is 119 Å². The van der Waals surface area contributed by atoms with Crippen molar-refractivity contribution in [2.45, 2.75) is 6.18 Å². The number of benzene rings is 2. The molecule has 0 spiro atoms. The van der Waals surface area contributed by atoms with Crippen molar-refractivity contribution in [1.29, 1.82) is 0 Å². The van der Waals surface area contributed by atoms with Gasteiger partial charge in [0.15, 0.2) is 0 Å². The number of ether oxygens (including phenoxy) is 1. The van der Waals surface area contributed by atoms with Crippen molar-refractivity contribution in [3.63, 3.8) is 0 Å². The van der Waals surface area contributed by atoms with Crippen molar-refractivity contribution in [2.75, 3.05) is 0 Å². The molecule has 0 N–H and O–H groups in total. The van der Waals surface area contributed by atoms with Gasteiger partial charge in [0.25, 0.3) is 0 Å². The van der Waals surface area contributed by atoms with E-state index < -0.39 is 17.9 Å². The summed E-state index contributed by atoms with van der Waals surface area (Å²) in [6.45, 7) is 0. The van der Waals surface area contributed by atoms with Crippen molar-refractivity contribution in [2.24, 2.45) is 0 Å². The highest BCUT2D eigenvalue weighted by molar-refractivity contribution is 5.90. The van der Waals surface area contributed by atoms with E-state index in [2.05, 4.69) is 4.74 Å². The van der Waals surface area contributed by atoms with E-state index in [-0.39, 0.29) is 5.56 Å². The Morgan fingerprint density at radius 2 is 1.43 bits per heavy atom. The average Bonchev–Trinajstić information content (AvgIpc) is 2.47. The summed E-state index contributed by atoms with van der Waals surface area (Å²) in [5.41, 5.74) is 0.353. The molecule has 0 atom stereocenters. The average molecular weight is 292 g/mol. The molecule has 0 unspecified atom stereocenters. The van der Waals surface area contributed by atoms with Crippen molar-refractivity contribution in [3.05, 3.63) is 77.5 Å². The molecule has 21 heavy (non-hydrogen) atoms. The lowest BCUT2D eigenvalue weighted by Crippen LogP contribution is -2.18. The third kappa shape index (κ3) is 4.21. The SMILES string of the molecule is O=C(OC(=Cc1ccccc1)C(F)(F)F)c1ccccc1. The summed E-state index contributed by atoms with van der Waals surface area (Å²) in [5.74, 6) is -2.39. The van der Waals surface area contributed by atoms with E-state index in [1.807, 2.05) is 0 Å². The first-order valence-corrected chi connectivity index (χ1v) is 6.08. The van der Waals surface area contributed by atoms with E-state index in [9.17, 15) is 18.0 Å². The number of alkyl halides is 3. The van der Waals surface area contributed by atoms with Crippen LogP contribution in [0.3, 0.4) is 0 Å². The van der Waals surface area contributed by atoms with Gasteiger partial charge in [-0.25, -0.2) is 4.79 Å². The zero-order valence-electron chi connectivity index (χ0n) is 10.8. The Morgan fingerprint density at radius 3 is 1.95 bits per heavy atom. The van der Waals surface area contributed by atoms with Crippen LogP contribution < -0.4 is 0 Å². The van der Waals surface area contributed by atoms with Gasteiger partial charge in [-0.3, -0.25) is 0 Å². The van der Waals surface area contributed by atoms with Gasteiger partial charge in [0.1, 0.15) is 0 Å². The summed E-state index contributed by atoms with van der Waals surface area (Å²) in [6.07, 6.45) is -3.96. The number of esters is 1. The van der Waals surface area contributed by atoms with E-state index in [1.165, 1.54) is 24.3 Å². The highest BCUT2D eigenvalue weighted by atomic mass is 19.4. The molecule has 0 bridgehead atoms. The standard InChI is InChI=1S/C16H11F3O2/c17-16(18,19)14(11-12-7-3-1-4-8-12)21-15(20)13-9-5-2-6-10-13/h1-11H. The first-order chi connectivity index (χ1) is 9.97. The summed E-state index contributed by atoms with van der Waals surface area (Å²) in [7, 11) is 0. The zero-order valence-corrected chi connectivity index (χ0v) is 10.8. The topological polar surface area (TPSA) is 26.3 Å². The van der Waals surface area contributed by atoms with Crippen LogP contribution in [0.2, 0.25) is 0 Å². The van der Waals surface area contributed by atoms with Gasteiger partial charge in [0.05, 0.1) is 5.56 Å². The van der Waals surface area contributed by atoms with Crippen molar-refractivity contribution < 1.29 is 22.7 Å². The van der Waals surface area contributed by atoms with Gasteiger partial charge < -0.3 is 4.74 Å². The Morgan fingerprint density at radius 1 is 0.905 bits per heavy atom. The van der Waals surface area contributed by atoms with Gasteiger partial charge in [-0.05, 0) is 23.8 Å². The molecule has 0 saturated heterocycles. The summed E-state index contributed by atoms with van der Waals surface area (Å²) >= 11 is 0. The van der Waals surface area contributed by atoms with Gasteiger partial charge in [0.2, 0.25) is 5.76 Å². The Bertz CT molecular complexity index is 632. The molecule has 0 aliphatic carbocycles. The molecule has 0 aliphatic heterocycles. The molecular weight excluding hydrogens is 281 g/mol. The van der Waals surface area contributed by atoms with Crippen LogP contribution in [0.25, 0.3) is 6.08 Å². The number of carbonyl (C=O) groups is 1. The minimum atomic E-state index is -4.75. The summed E-state index contributed by atoms with van der Waals surface area (Å²) in [5, 5.41) is 0. The van der Waals surface area contributed by atoms with Crippen LogP contribution in [0, 0.1) is 0 Å². The summed E-state index contributed by atoms with van der Waals surface area (Å²) in [6, 6.07) is 15.4. The minimum Gasteiger partial charge on any atom is -0.418 e. The highest BCUT2D eigenvalue weighted by Crippen LogP contribution is 2.29. The predicted octanol–water partition coefficient (Wildman–Crippen LogP) is 4.45. The van der Waals surface area contributed by atoms with E-state index in [4.69, 9.17) is 0 Å². The third-order valence-corrected chi connectivity index (χ3v) is 2.59. The molecule has 2 rings (SSSR count). The molecule has 2 nitrogen and oxygen atoms in total. The number of hydrogen-bond acceptors (Lipinski definition) is 2. The van der Waals surface area contributed by atoms with E-state index in [1.54, 1.807) is 36.4 Å². The fourth-order valence-corrected chi connectivity index (χ4v) is 1.60. The highest BCUT2D eigenvalue weighted by Gasteiger charge is 2.37. The molecule has 0 aromatic heterocycles. The predicted molar refractivity (Wildman–Crippen MR) is 72.3 cm³/mol. The van der Waals surface area contributed by atoms with E-state index in [0.717, 1.165) is 6.08 Å². The third-order valence-electron chi connectivity index (χ3n) is 2.59. The second-order valence-electron chi connectivity index (χ2n) is 4.17. The number of allylic oxidation sites excluding steroid dienone is 1. The van der Waals surface area contributed by atoms with Crippen LogP contribution in [-0.2, 0) is 4.74 Å². The number of rotatable bonds is 3. The normalized spacial score (nSPS) is 12.0. The maximum atomic E-state index is 12.9. The van der Waals surface area contributed by atoms with Crippen LogP contribution >= 0.6 is 0 Å². The van der Waals surface area contributed by atoms with Crippen LogP contribution in [-0.4, -0.2) is 12.1 Å². The molecular formula is C16H11F3O2. The zero-order chi connectivity index (χ0) is 15.3. The van der Waals surface area contributed by atoms with Gasteiger partial charge in [-0.1, -0.05) is 48.5 Å². The van der Waals surface area contributed by atoms with Crippen molar-refractivity contribution in [1.82, 2.24) is 0 Å². The van der Waals surface area contributed by atoms with Crippen LogP contribution in [0.4, 0.5) is 13.2 Å². The lowest BCUT2D eigenvalue weighted by Gasteiger charge is -2.12. The number of halogens is 3. The monoisotopic (exact) mass is 292 g/mol. The smallest absolute Gasteiger partial charge is 0.418 e. The lowest BCUT2D eigenvalue weighted by molar-refractivity contribution is -0.121. The van der Waals surface area contributed by atoms with E-state index >= 15 is 0 Å². The number of hydrogen-bond donors (Lipinski definition) is 0. The maximum absolute atomic E-state index is 12.9. The molecule has 0 fully saturated rings. The first-order valence-electron chi connectivity index (χ1n) is 6.08. The largest absolute Gasteiger partial charge is 0.449 e. The molecule has 2 aromatic rings. The fourth-order valence-electron chi connectivity index (χ4n) is 1.60. The minimum absolute atomic E-state index is 0.0562. The second kappa shape index (κ2) is 6.26.